The Labute approximate surface area is 175 Å². The van der Waals surface area contributed by atoms with Gasteiger partial charge in [0.25, 0.3) is 0 Å². The lowest BCUT2D eigenvalue weighted by Gasteiger charge is -2.19. The minimum atomic E-state index is 0.219. The smallest absolute Gasteiger partial charge is 0.159 e. The molecule has 1 aromatic carbocycles. The average Bonchev–Trinajstić information content (AvgIpc) is 3.36. The molecule has 3 aromatic heterocycles. The van der Waals surface area contributed by atoms with Gasteiger partial charge in [-0.1, -0.05) is 6.92 Å². The molecule has 1 aliphatic rings. The molecule has 4 heterocycles. The number of likely N-dealkylation sites (N-methyl/N-ethyl adjacent to an activating group) is 1. The van der Waals surface area contributed by atoms with Crippen LogP contribution in [0.5, 0.6) is 5.75 Å². The summed E-state index contributed by atoms with van der Waals surface area (Å²) in [4.78, 5) is 11.7. The van der Waals surface area contributed by atoms with Crippen LogP contribution in [0.25, 0.3) is 33.2 Å². The topological polar surface area (TPSA) is 79.1 Å². The molecule has 7 heteroatoms. The first kappa shape index (κ1) is 18.8. The Morgan fingerprint density at radius 1 is 1.23 bits per heavy atom. The Bertz CT molecular complexity index is 1250. The number of aromatic nitrogens is 4. The molecule has 0 aliphatic carbocycles. The van der Waals surface area contributed by atoms with Crippen molar-refractivity contribution < 1.29 is 5.11 Å². The van der Waals surface area contributed by atoms with E-state index in [1.54, 1.807) is 4.68 Å². The number of aryl methyl sites for hydroxylation is 2. The molecule has 5 rings (SSSR count). The number of hydrogen-bond acceptors (Lipinski definition) is 6. The molecule has 2 N–H and O–H groups in total. The van der Waals surface area contributed by atoms with Gasteiger partial charge >= 0.3 is 0 Å². The van der Waals surface area contributed by atoms with E-state index in [4.69, 9.17) is 4.98 Å². The van der Waals surface area contributed by atoms with Gasteiger partial charge in [0, 0.05) is 54.3 Å². The van der Waals surface area contributed by atoms with Gasteiger partial charge < -0.3 is 15.3 Å². The first-order valence-corrected chi connectivity index (χ1v) is 10.4. The maximum absolute atomic E-state index is 10.8. The van der Waals surface area contributed by atoms with Crippen LogP contribution in [-0.4, -0.2) is 50.5 Å². The van der Waals surface area contributed by atoms with Crippen molar-refractivity contribution in [3.63, 3.8) is 0 Å². The van der Waals surface area contributed by atoms with E-state index in [1.807, 2.05) is 44.6 Å². The Morgan fingerprint density at radius 2 is 2.10 bits per heavy atom. The number of pyridine rings is 2. The van der Waals surface area contributed by atoms with Crippen LogP contribution in [-0.2, 0) is 7.05 Å². The van der Waals surface area contributed by atoms with Gasteiger partial charge in [-0.05, 0) is 44.2 Å². The lowest BCUT2D eigenvalue weighted by molar-refractivity contribution is 0.474. The molecule has 0 bridgehead atoms. The molecule has 0 spiro atoms. The molecule has 1 atom stereocenters. The zero-order valence-corrected chi connectivity index (χ0v) is 17.6. The summed E-state index contributed by atoms with van der Waals surface area (Å²) in [7, 11) is 1.88. The molecule has 30 heavy (non-hydrogen) atoms. The third-order valence-corrected chi connectivity index (χ3v) is 5.97. The minimum Gasteiger partial charge on any atom is -0.507 e. The molecule has 1 fully saturated rings. The van der Waals surface area contributed by atoms with Crippen LogP contribution >= 0.6 is 0 Å². The minimum absolute atomic E-state index is 0.219. The Morgan fingerprint density at radius 3 is 2.93 bits per heavy atom. The van der Waals surface area contributed by atoms with Crippen molar-refractivity contribution >= 4 is 27.6 Å². The average molecular weight is 403 g/mol. The third kappa shape index (κ3) is 3.15. The van der Waals surface area contributed by atoms with E-state index in [0.717, 1.165) is 53.6 Å². The normalized spacial score (nSPS) is 16.8. The van der Waals surface area contributed by atoms with E-state index in [9.17, 15) is 5.11 Å². The molecule has 0 radical (unpaired) electrons. The zero-order chi connectivity index (χ0) is 20.8. The van der Waals surface area contributed by atoms with Crippen molar-refractivity contribution in [2.75, 3.05) is 24.5 Å². The van der Waals surface area contributed by atoms with Gasteiger partial charge in [0.1, 0.15) is 5.75 Å². The molecule has 7 nitrogen and oxygen atoms in total. The predicted molar refractivity (Wildman–Crippen MR) is 120 cm³/mol. The molecule has 1 aliphatic heterocycles. The molecule has 154 valence electrons. The van der Waals surface area contributed by atoms with Crippen LogP contribution in [0, 0.1) is 6.92 Å². The monoisotopic (exact) mass is 402 g/mol. The van der Waals surface area contributed by atoms with E-state index in [2.05, 4.69) is 33.3 Å². The number of anilines is 1. The van der Waals surface area contributed by atoms with Crippen LogP contribution in [0.4, 0.5) is 5.69 Å². The van der Waals surface area contributed by atoms with E-state index in [1.165, 1.54) is 0 Å². The van der Waals surface area contributed by atoms with Crippen molar-refractivity contribution in [1.29, 1.82) is 0 Å². The predicted octanol–water partition coefficient (Wildman–Crippen LogP) is 3.39. The summed E-state index contributed by atoms with van der Waals surface area (Å²) < 4.78 is 1.76. The number of nitrogens with one attached hydrogen (secondary N) is 1. The summed E-state index contributed by atoms with van der Waals surface area (Å²) in [6.07, 6.45) is 5.01. The Kier molecular flexibility index (Phi) is 4.55. The highest BCUT2D eigenvalue weighted by molar-refractivity contribution is 5.91. The molecule has 0 saturated carbocycles. The summed E-state index contributed by atoms with van der Waals surface area (Å²) >= 11 is 0. The van der Waals surface area contributed by atoms with Gasteiger partial charge in [0.2, 0.25) is 0 Å². The summed E-state index contributed by atoms with van der Waals surface area (Å²) in [5.41, 5.74) is 4.80. The van der Waals surface area contributed by atoms with E-state index < -0.39 is 0 Å². The summed E-state index contributed by atoms with van der Waals surface area (Å²) in [5, 5.41) is 20.7. The van der Waals surface area contributed by atoms with Crippen molar-refractivity contribution in [2.45, 2.75) is 26.3 Å². The first-order chi connectivity index (χ1) is 14.5. The zero-order valence-electron chi connectivity index (χ0n) is 17.6. The summed E-state index contributed by atoms with van der Waals surface area (Å²) in [6.45, 7) is 7.07. The largest absolute Gasteiger partial charge is 0.507 e. The van der Waals surface area contributed by atoms with Gasteiger partial charge in [0.05, 0.1) is 23.1 Å². The summed E-state index contributed by atoms with van der Waals surface area (Å²) in [6, 6.07) is 8.63. The quantitative estimate of drug-likeness (QED) is 0.545. The van der Waals surface area contributed by atoms with E-state index in [-0.39, 0.29) is 5.75 Å². The summed E-state index contributed by atoms with van der Waals surface area (Å²) in [5.74, 6) is 0.219. The van der Waals surface area contributed by atoms with Crippen molar-refractivity contribution in [1.82, 2.24) is 25.1 Å². The fourth-order valence-electron chi connectivity index (χ4n) is 4.41. The Hall–Kier alpha value is -3.19. The van der Waals surface area contributed by atoms with Crippen molar-refractivity contribution in [3.05, 3.63) is 42.2 Å². The standard InChI is InChI=1S/C23H26N6O/c1-4-24-17-7-8-29(13-17)18-9-15-5-6-20(26-23(15)25-11-18)19-10-16-12-28(3)27-21(16)14(2)22(19)30/h5-6,9-12,17,24,30H,4,7-8,13H2,1-3H3/t17-/m0/s1. The lowest BCUT2D eigenvalue weighted by atomic mass is 10.0. The number of phenols is 1. The third-order valence-electron chi connectivity index (χ3n) is 5.97. The molecule has 0 amide bonds. The highest BCUT2D eigenvalue weighted by atomic mass is 16.3. The van der Waals surface area contributed by atoms with Crippen molar-refractivity contribution in [3.8, 4) is 17.0 Å². The highest BCUT2D eigenvalue weighted by Gasteiger charge is 2.22. The van der Waals surface area contributed by atoms with Crippen LogP contribution in [0.3, 0.4) is 0 Å². The number of nitrogens with zero attached hydrogens (tertiary/aromatic N) is 5. The van der Waals surface area contributed by atoms with Gasteiger partial charge in [-0.15, -0.1) is 0 Å². The lowest BCUT2D eigenvalue weighted by Crippen LogP contribution is -2.32. The van der Waals surface area contributed by atoms with E-state index >= 15 is 0 Å². The van der Waals surface area contributed by atoms with Crippen LogP contribution < -0.4 is 10.2 Å². The molecular formula is C23H26N6O. The maximum Gasteiger partial charge on any atom is 0.159 e. The number of hydrogen-bond donors (Lipinski definition) is 2. The number of phenolic OH excluding ortho intramolecular Hbond substituents is 1. The Balaban J connectivity index is 1.50. The second-order valence-electron chi connectivity index (χ2n) is 8.06. The number of aromatic hydroxyl groups is 1. The molecular weight excluding hydrogens is 376 g/mol. The second-order valence-corrected chi connectivity index (χ2v) is 8.06. The maximum atomic E-state index is 10.8. The van der Waals surface area contributed by atoms with Gasteiger partial charge in [0.15, 0.2) is 5.65 Å². The van der Waals surface area contributed by atoms with E-state index in [0.29, 0.717) is 22.9 Å². The SMILES string of the molecule is CCN[C@H]1CCN(c2cnc3nc(-c4cc5cn(C)nc5c(C)c4O)ccc3c2)C1. The fourth-order valence-corrected chi connectivity index (χ4v) is 4.41. The molecule has 4 aromatic rings. The first-order valence-electron chi connectivity index (χ1n) is 10.4. The molecule has 0 unspecified atom stereocenters. The van der Waals surface area contributed by atoms with Crippen LogP contribution in [0.2, 0.25) is 0 Å². The van der Waals surface area contributed by atoms with Gasteiger partial charge in [-0.25, -0.2) is 9.97 Å². The fraction of sp³-hybridized carbons (Fsp3) is 0.348. The van der Waals surface area contributed by atoms with Crippen molar-refractivity contribution in [2.24, 2.45) is 7.05 Å². The van der Waals surface area contributed by atoms with Crippen LogP contribution in [0.1, 0.15) is 18.9 Å². The highest BCUT2D eigenvalue weighted by Crippen LogP contribution is 2.36. The molecule has 1 saturated heterocycles. The van der Waals surface area contributed by atoms with Crippen LogP contribution in [0.15, 0.2) is 36.7 Å². The van der Waals surface area contributed by atoms with Gasteiger partial charge in [-0.2, -0.15) is 5.10 Å². The number of benzene rings is 1. The number of rotatable bonds is 4. The number of fused-ring (bicyclic) bond motifs is 2. The second kappa shape index (κ2) is 7.25. The van der Waals surface area contributed by atoms with Gasteiger partial charge in [-0.3, -0.25) is 4.68 Å².